The van der Waals surface area contributed by atoms with E-state index in [1.54, 1.807) is 0 Å². The number of carbonyl (C=O) groups excluding carboxylic acids is 1. The normalized spacial score (nSPS) is 11.7. The molecular formula is C15H13F3N4O4S. The van der Waals surface area contributed by atoms with Crippen molar-refractivity contribution in [3.63, 3.8) is 0 Å². The first kappa shape index (κ1) is 20.2. The number of halogens is 3. The number of aromatic nitrogens is 1. The second-order valence-corrected chi connectivity index (χ2v) is 7.28. The summed E-state index contributed by atoms with van der Waals surface area (Å²) in [5.41, 5.74) is -1.65. The van der Waals surface area contributed by atoms with Gasteiger partial charge in [-0.2, -0.15) is 18.4 Å². The maximum Gasteiger partial charge on any atom is 0.416 e. The highest BCUT2D eigenvalue weighted by Crippen LogP contribution is 2.34. The first-order valence-electron chi connectivity index (χ1n) is 7.25. The van der Waals surface area contributed by atoms with E-state index >= 15 is 0 Å². The van der Waals surface area contributed by atoms with Gasteiger partial charge in [0.2, 0.25) is 15.9 Å². The average Bonchev–Trinajstić information content (AvgIpc) is 2.86. The summed E-state index contributed by atoms with van der Waals surface area (Å²) in [4.78, 5) is 12.2. The molecule has 1 heterocycles. The van der Waals surface area contributed by atoms with E-state index in [2.05, 4.69) is 10.5 Å². The zero-order valence-corrected chi connectivity index (χ0v) is 14.8. The van der Waals surface area contributed by atoms with Crippen molar-refractivity contribution in [1.29, 1.82) is 5.26 Å². The molecule has 2 rings (SSSR count). The van der Waals surface area contributed by atoms with Gasteiger partial charge in [0, 0.05) is 0 Å². The molecule has 1 amide bonds. The highest BCUT2D eigenvalue weighted by atomic mass is 32.2. The number of nitriles is 1. The van der Waals surface area contributed by atoms with Crippen LogP contribution in [0.5, 0.6) is 0 Å². The van der Waals surface area contributed by atoms with Crippen molar-refractivity contribution in [1.82, 2.24) is 5.16 Å². The Morgan fingerprint density at radius 3 is 2.56 bits per heavy atom. The maximum absolute atomic E-state index is 12.9. The smallest absolute Gasteiger partial charge is 0.360 e. The third-order valence-corrected chi connectivity index (χ3v) is 3.88. The molecule has 0 saturated carbocycles. The zero-order valence-electron chi connectivity index (χ0n) is 14.0. The molecule has 0 aliphatic rings. The lowest BCUT2D eigenvalue weighted by molar-refractivity contribution is -0.137. The summed E-state index contributed by atoms with van der Waals surface area (Å²) < 4.78 is 68.4. The first-order valence-corrected chi connectivity index (χ1v) is 9.14. The molecule has 1 aromatic heterocycles. The van der Waals surface area contributed by atoms with Crippen LogP contribution in [0.2, 0.25) is 0 Å². The molecule has 0 aliphatic heterocycles. The van der Waals surface area contributed by atoms with Gasteiger partial charge in [-0.25, -0.2) is 8.42 Å². The van der Waals surface area contributed by atoms with E-state index in [-0.39, 0.29) is 28.4 Å². The van der Waals surface area contributed by atoms with Crippen molar-refractivity contribution in [2.75, 3.05) is 16.3 Å². The van der Waals surface area contributed by atoms with Crippen molar-refractivity contribution >= 4 is 27.3 Å². The number of alkyl halides is 3. The van der Waals surface area contributed by atoms with Crippen LogP contribution in [0.3, 0.4) is 0 Å². The Bertz CT molecular complexity index is 1020. The summed E-state index contributed by atoms with van der Waals surface area (Å²) >= 11 is 0. The summed E-state index contributed by atoms with van der Waals surface area (Å²) in [6.07, 6.45) is -4.33. The number of amides is 1. The minimum Gasteiger partial charge on any atom is -0.360 e. The highest BCUT2D eigenvalue weighted by molar-refractivity contribution is 7.92. The number of rotatable bonds is 5. The summed E-state index contributed by atoms with van der Waals surface area (Å²) in [6, 6.07) is 3.98. The fourth-order valence-electron chi connectivity index (χ4n) is 2.14. The van der Waals surface area contributed by atoms with Gasteiger partial charge >= 0.3 is 6.18 Å². The molecule has 0 saturated heterocycles. The van der Waals surface area contributed by atoms with Crippen molar-refractivity contribution in [3.05, 3.63) is 40.8 Å². The largest absolute Gasteiger partial charge is 0.416 e. The third-order valence-electron chi connectivity index (χ3n) is 3.29. The van der Waals surface area contributed by atoms with E-state index in [0.29, 0.717) is 12.1 Å². The van der Waals surface area contributed by atoms with E-state index < -0.39 is 34.1 Å². The number of sulfonamides is 1. The van der Waals surface area contributed by atoms with Crippen molar-refractivity contribution in [2.24, 2.45) is 0 Å². The van der Waals surface area contributed by atoms with Crippen LogP contribution in [0, 0.1) is 18.3 Å². The van der Waals surface area contributed by atoms with Gasteiger partial charge in [-0.1, -0.05) is 5.16 Å². The van der Waals surface area contributed by atoms with Crippen LogP contribution in [-0.2, 0) is 27.4 Å². The Hall–Kier alpha value is -3.07. The van der Waals surface area contributed by atoms with Gasteiger partial charge in [0.25, 0.3) is 0 Å². The molecule has 2 aromatic rings. The molecule has 0 bridgehead atoms. The first-order chi connectivity index (χ1) is 12.4. The topological polar surface area (TPSA) is 125 Å². The second-order valence-electron chi connectivity index (χ2n) is 5.53. The van der Waals surface area contributed by atoms with E-state index in [0.717, 1.165) is 12.3 Å². The lowest BCUT2D eigenvalue weighted by Crippen LogP contribution is -2.19. The van der Waals surface area contributed by atoms with Gasteiger partial charge in [0.1, 0.15) is 17.3 Å². The molecule has 1 aromatic carbocycles. The van der Waals surface area contributed by atoms with Crippen molar-refractivity contribution in [2.45, 2.75) is 19.5 Å². The van der Waals surface area contributed by atoms with Gasteiger partial charge in [0.15, 0.2) is 5.76 Å². The summed E-state index contributed by atoms with van der Waals surface area (Å²) in [6.45, 7) is 1.47. The van der Waals surface area contributed by atoms with Gasteiger partial charge in [-0.3, -0.25) is 9.52 Å². The molecule has 8 nitrogen and oxygen atoms in total. The summed E-state index contributed by atoms with van der Waals surface area (Å²) in [5.74, 6) is -0.616. The van der Waals surface area contributed by atoms with Crippen LogP contribution in [0.4, 0.5) is 24.5 Å². The van der Waals surface area contributed by atoms with Gasteiger partial charge < -0.3 is 9.84 Å². The van der Waals surface area contributed by atoms with Crippen LogP contribution in [0.15, 0.2) is 22.7 Å². The number of hydrogen-bond acceptors (Lipinski definition) is 6. The molecule has 144 valence electrons. The van der Waals surface area contributed by atoms with Gasteiger partial charge in [0.05, 0.1) is 29.6 Å². The number of aryl methyl sites for hydroxylation is 1. The highest BCUT2D eigenvalue weighted by Gasteiger charge is 2.31. The van der Waals surface area contributed by atoms with E-state index in [1.165, 1.54) is 6.92 Å². The zero-order chi connectivity index (χ0) is 20.4. The van der Waals surface area contributed by atoms with Crippen LogP contribution in [0.1, 0.15) is 22.6 Å². The standard InChI is InChI=1S/C15H13F3N4O4S/c1-8-10(7-19)12(21-26-8)6-14(23)20-13-5-9(15(16,17)18)3-4-11(13)22-27(2,24)25/h3-5,22H,6H2,1-2H3,(H,20,23). The van der Waals surface area contributed by atoms with Gasteiger partial charge in [-0.15, -0.1) is 0 Å². The molecule has 0 spiro atoms. The minimum atomic E-state index is -4.69. The Morgan fingerprint density at radius 1 is 1.33 bits per heavy atom. The monoisotopic (exact) mass is 402 g/mol. The quantitative estimate of drug-likeness (QED) is 0.791. The predicted molar refractivity (Wildman–Crippen MR) is 88.2 cm³/mol. The molecular weight excluding hydrogens is 389 g/mol. The second kappa shape index (κ2) is 7.28. The molecule has 12 heteroatoms. The van der Waals surface area contributed by atoms with E-state index in [9.17, 15) is 26.4 Å². The lowest BCUT2D eigenvalue weighted by atomic mass is 10.1. The fourth-order valence-corrected chi connectivity index (χ4v) is 2.72. The minimum absolute atomic E-state index is 0.0112. The Kier molecular flexibility index (Phi) is 5.46. The molecule has 0 fully saturated rings. The van der Waals surface area contributed by atoms with E-state index in [4.69, 9.17) is 9.78 Å². The average molecular weight is 402 g/mol. The number of hydrogen-bond donors (Lipinski definition) is 2. The summed E-state index contributed by atoms with van der Waals surface area (Å²) in [5, 5.41) is 14.8. The molecule has 2 N–H and O–H groups in total. The number of benzene rings is 1. The third kappa shape index (κ3) is 5.20. The number of nitrogens with one attached hydrogen (secondary N) is 2. The SMILES string of the molecule is Cc1onc(CC(=O)Nc2cc(C(F)(F)F)ccc2NS(C)(=O)=O)c1C#N. The van der Waals surface area contributed by atoms with Crippen molar-refractivity contribution < 1.29 is 30.9 Å². The number of nitrogens with zero attached hydrogens (tertiary/aromatic N) is 2. The molecule has 0 atom stereocenters. The predicted octanol–water partition coefficient (Wildman–Crippen LogP) is 2.43. The van der Waals surface area contributed by atoms with Crippen LogP contribution >= 0.6 is 0 Å². The Balaban J connectivity index is 2.34. The maximum atomic E-state index is 12.9. The molecule has 0 radical (unpaired) electrons. The Labute approximate surface area is 152 Å². The van der Waals surface area contributed by atoms with Crippen molar-refractivity contribution in [3.8, 4) is 6.07 Å². The fraction of sp³-hybridized carbons (Fsp3) is 0.267. The summed E-state index contributed by atoms with van der Waals surface area (Å²) in [7, 11) is -3.80. The molecule has 0 unspecified atom stereocenters. The number of anilines is 2. The van der Waals surface area contributed by atoms with E-state index in [1.807, 2.05) is 10.8 Å². The molecule has 0 aliphatic carbocycles. The Morgan fingerprint density at radius 2 is 2.00 bits per heavy atom. The van der Waals surface area contributed by atoms with Crippen LogP contribution in [-0.4, -0.2) is 25.7 Å². The van der Waals surface area contributed by atoms with Crippen LogP contribution in [0.25, 0.3) is 0 Å². The lowest BCUT2D eigenvalue weighted by Gasteiger charge is -2.15. The van der Waals surface area contributed by atoms with Gasteiger partial charge in [-0.05, 0) is 25.1 Å². The number of carbonyl (C=O) groups is 1. The van der Waals surface area contributed by atoms with Crippen LogP contribution < -0.4 is 10.0 Å². The molecule has 27 heavy (non-hydrogen) atoms.